The van der Waals surface area contributed by atoms with E-state index in [0.29, 0.717) is 0 Å². The van der Waals surface area contributed by atoms with Crippen molar-refractivity contribution in [2.75, 3.05) is 26.2 Å². The number of nitrogens with one attached hydrogen (secondary N) is 2. The summed E-state index contributed by atoms with van der Waals surface area (Å²) in [5, 5.41) is 15.9. The molecule has 0 bridgehead atoms. The van der Waals surface area contributed by atoms with Crippen LogP contribution in [0.15, 0.2) is 30.3 Å². The number of benzene rings is 1. The Kier molecular flexibility index (Phi) is 6.10. The van der Waals surface area contributed by atoms with E-state index in [0.717, 1.165) is 31.0 Å². The number of aliphatic hydroxyl groups is 1. The molecule has 1 aliphatic carbocycles. The summed E-state index contributed by atoms with van der Waals surface area (Å²) in [6, 6.07) is 9.45. The molecular weight excluding hydrogens is 302 g/mol. The van der Waals surface area contributed by atoms with Gasteiger partial charge in [0.05, 0.1) is 6.10 Å². The van der Waals surface area contributed by atoms with E-state index in [1.807, 2.05) is 30.3 Å². The first-order chi connectivity index (χ1) is 11.7. The van der Waals surface area contributed by atoms with Crippen LogP contribution in [0.2, 0.25) is 0 Å². The first kappa shape index (κ1) is 17.2. The molecule has 3 rings (SSSR count). The van der Waals surface area contributed by atoms with E-state index in [1.54, 1.807) is 0 Å². The lowest BCUT2D eigenvalue weighted by molar-refractivity contribution is 0.172. The molecule has 1 heterocycles. The summed E-state index contributed by atoms with van der Waals surface area (Å²) >= 11 is 0. The molecule has 2 fully saturated rings. The van der Waals surface area contributed by atoms with Crippen molar-refractivity contribution in [2.24, 2.45) is 5.92 Å². The van der Waals surface area contributed by atoms with Crippen LogP contribution < -0.4 is 10.6 Å². The van der Waals surface area contributed by atoms with Gasteiger partial charge in [-0.3, -0.25) is 0 Å². The fourth-order valence-corrected chi connectivity index (χ4v) is 3.89. The second-order valence-corrected chi connectivity index (χ2v) is 7.18. The highest BCUT2D eigenvalue weighted by Crippen LogP contribution is 2.26. The SMILES string of the molecule is O=C(NCC(O)c1ccccc1)NC1CCN(CC2CCCC2)C1. The monoisotopic (exact) mass is 331 g/mol. The van der Waals surface area contributed by atoms with Gasteiger partial charge in [0.2, 0.25) is 0 Å². The maximum Gasteiger partial charge on any atom is 0.315 e. The van der Waals surface area contributed by atoms with Gasteiger partial charge in [-0.25, -0.2) is 4.79 Å². The van der Waals surface area contributed by atoms with Gasteiger partial charge in [0.1, 0.15) is 0 Å². The highest BCUT2D eigenvalue weighted by molar-refractivity contribution is 5.74. The predicted octanol–water partition coefficient (Wildman–Crippen LogP) is 2.28. The zero-order valence-electron chi connectivity index (χ0n) is 14.3. The Morgan fingerprint density at radius 2 is 1.96 bits per heavy atom. The van der Waals surface area contributed by atoms with Crippen LogP contribution in [-0.2, 0) is 0 Å². The van der Waals surface area contributed by atoms with Crippen molar-refractivity contribution in [3.63, 3.8) is 0 Å². The van der Waals surface area contributed by atoms with Gasteiger partial charge in [-0.1, -0.05) is 43.2 Å². The summed E-state index contributed by atoms with van der Waals surface area (Å²) in [5.74, 6) is 0.860. The molecule has 1 aromatic carbocycles. The lowest BCUT2D eigenvalue weighted by Gasteiger charge is -2.20. The quantitative estimate of drug-likeness (QED) is 0.749. The normalized spacial score (nSPS) is 23.3. The van der Waals surface area contributed by atoms with E-state index in [4.69, 9.17) is 0 Å². The Bertz CT molecular complexity index is 517. The summed E-state index contributed by atoms with van der Waals surface area (Å²) in [6.45, 7) is 3.44. The van der Waals surface area contributed by atoms with E-state index in [-0.39, 0.29) is 18.6 Å². The van der Waals surface area contributed by atoms with E-state index >= 15 is 0 Å². The van der Waals surface area contributed by atoms with Crippen molar-refractivity contribution in [1.29, 1.82) is 0 Å². The third-order valence-electron chi connectivity index (χ3n) is 5.24. The summed E-state index contributed by atoms with van der Waals surface area (Å²) in [7, 11) is 0. The van der Waals surface area contributed by atoms with Gasteiger partial charge in [0, 0.05) is 32.2 Å². The molecule has 24 heavy (non-hydrogen) atoms. The van der Waals surface area contributed by atoms with E-state index < -0.39 is 6.10 Å². The lowest BCUT2D eigenvalue weighted by Crippen LogP contribution is -2.44. The molecule has 5 nitrogen and oxygen atoms in total. The fourth-order valence-electron chi connectivity index (χ4n) is 3.89. The van der Waals surface area contributed by atoms with Crippen molar-refractivity contribution < 1.29 is 9.90 Å². The van der Waals surface area contributed by atoms with Gasteiger partial charge in [-0.2, -0.15) is 0 Å². The third-order valence-corrected chi connectivity index (χ3v) is 5.24. The van der Waals surface area contributed by atoms with Crippen LogP contribution in [-0.4, -0.2) is 48.3 Å². The maximum atomic E-state index is 12.0. The first-order valence-corrected chi connectivity index (χ1v) is 9.20. The second kappa shape index (κ2) is 8.49. The van der Waals surface area contributed by atoms with Crippen LogP contribution in [0.4, 0.5) is 4.79 Å². The van der Waals surface area contributed by atoms with E-state index in [9.17, 15) is 9.90 Å². The van der Waals surface area contributed by atoms with Crippen molar-refractivity contribution in [2.45, 2.75) is 44.2 Å². The van der Waals surface area contributed by atoms with Crippen molar-refractivity contribution >= 4 is 6.03 Å². The Balaban J connectivity index is 1.35. The van der Waals surface area contributed by atoms with Gasteiger partial charge in [-0.15, -0.1) is 0 Å². The van der Waals surface area contributed by atoms with Gasteiger partial charge in [-0.05, 0) is 30.7 Å². The van der Waals surface area contributed by atoms with Crippen LogP contribution in [0, 0.1) is 5.92 Å². The Hall–Kier alpha value is -1.59. The molecule has 3 N–H and O–H groups in total. The highest BCUT2D eigenvalue weighted by Gasteiger charge is 2.26. The zero-order chi connectivity index (χ0) is 16.8. The van der Waals surface area contributed by atoms with Crippen molar-refractivity contribution in [1.82, 2.24) is 15.5 Å². The molecular formula is C19H29N3O2. The average molecular weight is 331 g/mol. The minimum Gasteiger partial charge on any atom is -0.387 e. The number of carbonyl (C=O) groups excluding carboxylic acids is 1. The molecule has 1 aromatic rings. The van der Waals surface area contributed by atoms with Gasteiger partial charge >= 0.3 is 6.03 Å². The molecule has 1 saturated heterocycles. The van der Waals surface area contributed by atoms with E-state index in [2.05, 4.69) is 15.5 Å². The van der Waals surface area contributed by atoms with Crippen LogP contribution in [0.1, 0.15) is 43.8 Å². The minimum atomic E-state index is -0.667. The minimum absolute atomic E-state index is 0.183. The maximum absolute atomic E-state index is 12.0. The number of amides is 2. The molecule has 2 aliphatic rings. The molecule has 2 amide bonds. The largest absolute Gasteiger partial charge is 0.387 e. The van der Waals surface area contributed by atoms with E-state index in [1.165, 1.54) is 32.2 Å². The Labute approximate surface area is 144 Å². The third kappa shape index (κ3) is 4.95. The smallest absolute Gasteiger partial charge is 0.315 e. The summed E-state index contributed by atoms with van der Waals surface area (Å²) in [4.78, 5) is 14.5. The summed E-state index contributed by atoms with van der Waals surface area (Å²) in [5.41, 5.74) is 0.821. The van der Waals surface area contributed by atoms with Gasteiger partial charge in [0.15, 0.2) is 0 Å². The molecule has 0 aromatic heterocycles. The van der Waals surface area contributed by atoms with Gasteiger partial charge in [0.25, 0.3) is 0 Å². The summed E-state index contributed by atoms with van der Waals surface area (Å²) in [6.07, 6.45) is 5.85. The average Bonchev–Trinajstić information content (AvgIpc) is 3.26. The zero-order valence-corrected chi connectivity index (χ0v) is 14.3. The molecule has 5 heteroatoms. The first-order valence-electron chi connectivity index (χ1n) is 9.20. The molecule has 0 spiro atoms. The number of hydrogen-bond donors (Lipinski definition) is 3. The van der Waals surface area contributed by atoms with Crippen LogP contribution in [0.25, 0.3) is 0 Å². The van der Waals surface area contributed by atoms with Crippen LogP contribution >= 0.6 is 0 Å². The number of urea groups is 1. The topological polar surface area (TPSA) is 64.6 Å². The lowest BCUT2D eigenvalue weighted by atomic mass is 10.1. The highest BCUT2D eigenvalue weighted by atomic mass is 16.3. The molecule has 0 radical (unpaired) electrons. The summed E-state index contributed by atoms with van der Waals surface area (Å²) < 4.78 is 0. The number of aliphatic hydroxyl groups excluding tert-OH is 1. The second-order valence-electron chi connectivity index (χ2n) is 7.18. The number of likely N-dealkylation sites (tertiary alicyclic amines) is 1. The predicted molar refractivity (Wildman–Crippen MR) is 94.7 cm³/mol. The number of hydrogen-bond acceptors (Lipinski definition) is 3. The number of nitrogens with zero attached hydrogens (tertiary/aromatic N) is 1. The molecule has 1 aliphatic heterocycles. The van der Waals surface area contributed by atoms with Crippen molar-refractivity contribution in [3.05, 3.63) is 35.9 Å². The van der Waals surface area contributed by atoms with Crippen LogP contribution in [0.5, 0.6) is 0 Å². The Morgan fingerprint density at radius 3 is 2.71 bits per heavy atom. The molecule has 2 unspecified atom stereocenters. The van der Waals surface area contributed by atoms with Gasteiger partial charge < -0.3 is 20.6 Å². The molecule has 2 atom stereocenters. The standard InChI is InChI=1S/C19H29N3O2/c23-18(16-8-2-1-3-9-16)12-20-19(24)21-17-10-11-22(14-17)13-15-6-4-5-7-15/h1-3,8-9,15,17-18,23H,4-7,10-14H2,(H2,20,21,24). The number of rotatable bonds is 6. The number of carbonyl (C=O) groups is 1. The van der Waals surface area contributed by atoms with Crippen LogP contribution in [0.3, 0.4) is 0 Å². The van der Waals surface area contributed by atoms with Crippen molar-refractivity contribution in [3.8, 4) is 0 Å². The Morgan fingerprint density at radius 1 is 1.21 bits per heavy atom. The fraction of sp³-hybridized carbons (Fsp3) is 0.632. The molecule has 132 valence electrons. The molecule has 1 saturated carbocycles.